The van der Waals surface area contributed by atoms with Crippen LogP contribution in [0.2, 0.25) is 0 Å². The standard InChI is InChI=1S/C11H11NO3/c13-11(9-4-5-9)7-8-2-1-3-10(6-8)12(14)15/h1-3,6,9H,4-5,7H2. The second kappa shape index (κ2) is 3.81. The van der Waals surface area contributed by atoms with Gasteiger partial charge in [0.2, 0.25) is 0 Å². The number of carbonyl (C=O) groups excluding carboxylic acids is 1. The number of nitro groups is 1. The summed E-state index contributed by atoms with van der Waals surface area (Å²) in [5.41, 5.74) is 0.789. The summed E-state index contributed by atoms with van der Waals surface area (Å²) in [7, 11) is 0. The lowest BCUT2D eigenvalue weighted by atomic mass is 10.1. The third-order valence-electron chi connectivity index (χ3n) is 2.53. The summed E-state index contributed by atoms with van der Waals surface area (Å²) in [6.07, 6.45) is 2.29. The van der Waals surface area contributed by atoms with E-state index in [9.17, 15) is 14.9 Å². The zero-order chi connectivity index (χ0) is 10.8. The van der Waals surface area contributed by atoms with Gasteiger partial charge in [0, 0.05) is 24.5 Å². The number of nitrogens with zero attached hydrogens (tertiary/aromatic N) is 1. The fraction of sp³-hybridized carbons (Fsp3) is 0.364. The molecule has 0 saturated heterocycles. The minimum atomic E-state index is -0.439. The highest BCUT2D eigenvalue weighted by Gasteiger charge is 2.29. The van der Waals surface area contributed by atoms with Crippen molar-refractivity contribution in [2.75, 3.05) is 0 Å². The van der Waals surface area contributed by atoms with Gasteiger partial charge in [-0.25, -0.2) is 0 Å². The van der Waals surface area contributed by atoms with E-state index in [-0.39, 0.29) is 17.4 Å². The Labute approximate surface area is 87.1 Å². The number of nitro benzene ring substituents is 1. The highest BCUT2D eigenvalue weighted by Crippen LogP contribution is 2.31. The Kier molecular flexibility index (Phi) is 2.49. The molecule has 2 rings (SSSR count). The second-order valence-electron chi connectivity index (χ2n) is 3.84. The minimum Gasteiger partial charge on any atom is -0.299 e. The number of benzene rings is 1. The average Bonchev–Trinajstić information content (AvgIpc) is 3.01. The number of hydrogen-bond acceptors (Lipinski definition) is 3. The average molecular weight is 205 g/mol. The van der Waals surface area contributed by atoms with Crippen molar-refractivity contribution in [3.05, 3.63) is 39.9 Å². The Balaban J connectivity index is 2.10. The Morgan fingerprint density at radius 1 is 1.47 bits per heavy atom. The predicted molar refractivity (Wildman–Crippen MR) is 54.5 cm³/mol. The molecule has 0 aromatic heterocycles. The van der Waals surface area contributed by atoms with E-state index >= 15 is 0 Å². The van der Waals surface area contributed by atoms with Crippen molar-refractivity contribution in [3.63, 3.8) is 0 Å². The summed E-state index contributed by atoms with van der Waals surface area (Å²) in [6.45, 7) is 0. The van der Waals surface area contributed by atoms with Crippen molar-refractivity contribution in [2.45, 2.75) is 19.3 Å². The van der Waals surface area contributed by atoms with Gasteiger partial charge in [-0.05, 0) is 18.4 Å². The molecule has 4 nitrogen and oxygen atoms in total. The van der Waals surface area contributed by atoms with Crippen molar-refractivity contribution < 1.29 is 9.72 Å². The SMILES string of the molecule is O=C(Cc1cccc([N+](=O)[O-])c1)C1CC1. The van der Waals surface area contributed by atoms with E-state index in [1.807, 2.05) is 0 Å². The Hall–Kier alpha value is -1.71. The molecule has 0 heterocycles. The number of Topliss-reactive ketones (excluding diaryl/α,β-unsaturated/α-hetero) is 1. The smallest absolute Gasteiger partial charge is 0.269 e. The quantitative estimate of drug-likeness (QED) is 0.558. The molecule has 0 bridgehead atoms. The summed E-state index contributed by atoms with van der Waals surface area (Å²) in [4.78, 5) is 21.6. The summed E-state index contributed by atoms with van der Waals surface area (Å²) < 4.78 is 0. The molecule has 1 aliphatic rings. The molecule has 0 amide bonds. The van der Waals surface area contributed by atoms with Crippen molar-refractivity contribution >= 4 is 11.5 Å². The fourth-order valence-electron chi connectivity index (χ4n) is 1.53. The van der Waals surface area contributed by atoms with Crippen molar-refractivity contribution in [3.8, 4) is 0 Å². The number of carbonyl (C=O) groups is 1. The van der Waals surface area contributed by atoms with Crippen LogP contribution < -0.4 is 0 Å². The second-order valence-corrected chi connectivity index (χ2v) is 3.84. The van der Waals surface area contributed by atoms with Crippen LogP contribution in [-0.2, 0) is 11.2 Å². The number of rotatable bonds is 4. The molecule has 1 aromatic rings. The number of hydrogen-bond donors (Lipinski definition) is 0. The van der Waals surface area contributed by atoms with E-state index in [0.29, 0.717) is 6.42 Å². The maximum atomic E-state index is 11.5. The van der Waals surface area contributed by atoms with Crippen LogP contribution in [-0.4, -0.2) is 10.7 Å². The van der Waals surface area contributed by atoms with E-state index in [2.05, 4.69) is 0 Å². The summed E-state index contributed by atoms with van der Waals surface area (Å²) in [5.74, 6) is 0.416. The minimum absolute atomic E-state index is 0.0519. The topological polar surface area (TPSA) is 60.2 Å². The van der Waals surface area contributed by atoms with Crippen LogP contribution in [0.25, 0.3) is 0 Å². The van der Waals surface area contributed by atoms with Gasteiger partial charge in [0.05, 0.1) is 4.92 Å². The molecule has 0 N–H and O–H groups in total. The molecule has 0 spiro atoms. The molecular weight excluding hydrogens is 194 g/mol. The van der Waals surface area contributed by atoms with Crippen LogP contribution in [0.15, 0.2) is 24.3 Å². The van der Waals surface area contributed by atoms with Crippen molar-refractivity contribution in [2.24, 2.45) is 5.92 Å². The first-order valence-corrected chi connectivity index (χ1v) is 4.93. The van der Waals surface area contributed by atoms with Crippen LogP contribution in [0.5, 0.6) is 0 Å². The van der Waals surface area contributed by atoms with Crippen LogP contribution in [0.3, 0.4) is 0 Å². The summed E-state index contributed by atoms with van der Waals surface area (Å²) in [6, 6.07) is 6.28. The molecule has 15 heavy (non-hydrogen) atoms. The largest absolute Gasteiger partial charge is 0.299 e. The van der Waals surface area contributed by atoms with Gasteiger partial charge in [-0.3, -0.25) is 14.9 Å². The zero-order valence-electron chi connectivity index (χ0n) is 8.18. The molecular formula is C11H11NO3. The molecule has 1 fully saturated rings. The molecule has 4 heteroatoms. The van der Waals surface area contributed by atoms with Gasteiger partial charge < -0.3 is 0 Å². The lowest BCUT2D eigenvalue weighted by molar-refractivity contribution is -0.384. The summed E-state index contributed by atoms with van der Waals surface area (Å²) >= 11 is 0. The monoisotopic (exact) mass is 205 g/mol. The molecule has 1 aromatic carbocycles. The first kappa shape index (κ1) is 9.83. The predicted octanol–water partition coefficient (Wildman–Crippen LogP) is 2.12. The Bertz CT molecular complexity index is 410. The van der Waals surface area contributed by atoms with E-state index in [1.165, 1.54) is 12.1 Å². The maximum absolute atomic E-state index is 11.5. The normalized spacial score (nSPS) is 14.9. The highest BCUT2D eigenvalue weighted by molar-refractivity contribution is 5.85. The van der Waals surface area contributed by atoms with Gasteiger partial charge in [-0.2, -0.15) is 0 Å². The first-order chi connectivity index (χ1) is 7.16. The lowest BCUT2D eigenvalue weighted by Gasteiger charge is -1.99. The van der Waals surface area contributed by atoms with E-state index in [4.69, 9.17) is 0 Å². The molecule has 1 aliphatic carbocycles. The van der Waals surface area contributed by atoms with Crippen molar-refractivity contribution in [1.29, 1.82) is 0 Å². The van der Waals surface area contributed by atoms with Gasteiger partial charge in [0.25, 0.3) is 5.69 Å². The summed E-state index contributed by atoms with van der Waals surface area (Å²) in [5, 5.41) is 10.5. The molecule has 78 valence electrons. The molecule has 0 aliphatic heterocycles. The van der Waals surface area contributed by atoms with Gasteiger partial charge >= 0.3 is 0 Å². The third-order valence-corrected chi connectivity index (χ3v) is 2.53. The third kappa shape index (κ3) is 2.40. The fourth-order valence-corrected chi connectivity index (χ4v) is 1.53. The Morgan fingerprint density at radius 2 is 2.20 bits per heavy atom. The highest BCUT2D eigenvalue weighted by atomic mass is 16.6. The lowest BCUT2D eigenvalue weighted by Crippen LogP contribution is -2.04. The maximum Gasteiger partial charge on any atom is 0.269 e. The van der Waals surface area contributed by atoms with Crippen LogP contribution in [0, 0.1) is 16.0 Å². The number of non-ortho nitro benzene ring substituents is 1. The molecule has 0 unspecified atom stereocenters. The first-order valence-electron chi connectivity index (χ1n) is 4.93. The number of ketones is 1. The molecule has 0 radical (unpaired) electrons. The van der Waals surface area contributed by atoms with E-state index in [0.717, 1.165) is 18.4 Å². The zero-order valence-corrected chi connectivity index (χ0v) is 8.18. The molecule has 0 atom stereocenters. The van der Waals surface area contributed by atoms with Gasteiger partial charge in [-0.1, -0.05) is 12.1 Å². The molecule has 1 saturated carbocycles. The van der Waals surface area contributed by atoms with E-state index < -0.39 is 4.92 Å². The van der Waals surface area contributed by atoms with Crippen LogP contribution in [0.4, 0.5) is 5.69 Å². The van der Waals surface area contributed by atoms with Gasteiger partial charge in [0.1, 0.15) is 5.78 Å². The van der Waals surface area contributed by atoms with E-state index in [1.54, 1.807) is 12.1 Å². The van der Waals surface area contributed by atoms with Crippen LogP contribution in [0.1, 0.15) is 18.4 Å². The van der Waals surface area contributed by atoms with Crippen LogP contribution >= 0.6 is 0 Å². The van der Waals surface area contributed by atoms with Gasteiger partial charge in [-0.15, -0.1) is 0 Å². The van der Waals surface area contributed by atoms with Crippen molar-refractivity contribution in [1.82, 2.24) is 0 Å². The Morgan fingerprint density at radius 3 is 2.80 bits per heavy atom. The van der Waals surface area contributed by atoms with Gasteiger partial charge in [0.15, 0.2) is 0 Å².